The lowest BCUT2D eigenvalue weighted by atomic mass is 10.1. The van der Waals surface area contributed by atoms with Crippen LogP contribution in [0.2, 0.25) is 0 Å². The zero-order valence-electron chi connectivity index (χ0n) is 16.3. The normalized spacial score (nSPS) is 10.7. The van der Waals surface area contributed by atoms with Crippen LogP contribution in [0.3, 0.4) is 0 Å². The first-order valence-corrected chi connectivity index (χ1v) is 10.2. The number of aromatic nitrogens is 2. The van der Waals surface area contributed by atoms with Gasteiger partial charge in [-0.2, -0.15) is 0 Å². The van der Waals surface area contributed by atoms with Crippen LogP contribution >= 0.6 is 11.8 Å². The van der Waals surface area contributed by atoms with Crippen molar-refractivity contribution in [3.8, 4) is 0 Å². The van der Waals surface area contributed by atoms with Gasteiger partial charge < -0.3 is 15.0 Å². The van der Waals surface area contributed by atoms with Gasteiger partial charge in [0, 0.05) is 6.07 Å². The van der Waals surface area contributed by atoms with Gasteiger partial charge in [0.15, 0.2) is 5.16 Å². The molecule has 0 radical (unpaired) electrons. The van der Waals surface area contributed by atoms with Crippen molar-refractivity contribution in [1.82, 2.24) is 9.97 Å². The van der Waals surface area contributed by atoms with E-state index < -0.39 is 5.97 Å². The minimum Gasteiger partial charge on any atom is -0.462 e. The van der Waals surface area contributed by atoms with Crippen molar-refractivity contribution in [2.24, 2.45) is 0 Å². The Labute approximate surface area is 168 Å². The molecule has 0 atom stereocenters. The van der Waals surface area contributed by atoms with Crippen LogP contribution in [0.4, 0.5) is 5.69 Å². The van der Waals surface area contributed by atoms with E-state index in [2.05, 4.69) is 15.3 Å². The van der Waals surface area contributed by atoms with E-state index in [1.807, 2.05) is 20.8 Å². The van der Waals surface area contributed by atoms with Gasteiger partial charge in [-0.1, -0.05) is 51.1 Å². The van der Waals surface area contributed by atoms with Crippen LogP contribution in [-0.2, 0) is 9.53 Å². The third kappa shape index (κ3) is 6.53. The summed E-state index contributed by atoms with van der Waals surface area (Å²) in [5.41, 5.74) is 1.13. The van der Waals surface area contributed by atoms with Crippen molar-refractivity contribution in [3.05, 3.63) is 51.9 Å². The average molecular weight is 404 g/mol. The summed E-state index contributed by atoms with van der Waals surface area (Å²) < 4.78 is 5.22. The predicted octanol–water partition coefficient (Wildman–Crippen LogP) is 3.58. The maximum Gasteiger partial charge on any atom is 0.340 e. The van der Waals surface area contributed by atoms with Crippen molar-refractivity contribution >= 4 is 29.3 Å². The van der Waals surface area contributed by atoms with E-state index in [-0.39, 0.29) is 23.1 Å². The Balaban J connectivity index is 2.00. The Bertz CT molecular complexity index is 880. The number of H-pyrrole nitrogens is 1. The lowest BCUT2D eigenvalue weighted by Crippen LogP contribution is -2.18. The number of unbranched alkanes of at least 4 members (excludes halogenated alkanes) is 1. The molecule has 1 heterocycles. The maximum absolute atomic E-state index is 12.3. The third-order valence-electron chi connectivity index (χ3n) is 3.82. The second-order valence-electron chi connectivity index (χ2n) is 6.50. The zero-order valence-corrected chi connectivity index (χ0v) is 17.1. The van der Waals surface area contributed by atoms with E-state index in [0.29, 0.717) is 28.7 Å². The Morgan fingerprint density at radius 1 is 1.29 bits per heavy atom. The number of nitrogens with zero attached hydrogens (tertiary/aromatic N) is 1. The predicted molar refractivity (Wildman–Crippen MR) is 110 cm³/mol. The van der Waals surface area contributed by atoms with E-state index in [4.69, 9.17) is 4.74 Å². The number of carbonyl (C=O) groups is 2. The van der Waals surface area contributed by atoms with Crippen LogP contribution in [0.15, 0.2) is 40.3 Å². The maximum atomic E-state index is 12.3. The van der Waals surface area contributed by atoms with Crippen molar-refractivity contribution < 1.29 is 14.3 Å². The molecule has 2 N–H and O–H groups in total. The Hall–Kier alpha value is -2.61. The van der Waals surface area contributed by atoms with Gasteiger partial charge in [-0.25, -0.2) is 9.78 Å². The lowest BCUT2D eigenvalue weighted by molar-refractivity contribution is -0.113. The van der Waals surface area contributed by atoms with Crippen molar-refractivity contribution in [2.75, 3.05) is 17.7 Å². The largest absolute Gasteiger partial charge is 0.462 e. The Kier molecular flexibility index (Phi) is 8.25. The first kappa shape index (κ1) is 21.7. The molecule has 1 amide bonds. The molecule has 0 fully saturated rings. The first-order valence-electron chi connectivity index (χ1n) is 9.20. The van der Waals surface area contributed by atoms with Gasteiger partial charge in [-0.3, -0.25) is 9.59 Å². The molecule has 8 heteroatoms. The Morgan fingerprint density at radius 2 is 2.04 bits per heavy atom. The zero-order chi connectivity index (χ0) is 20.5. The molecule has 7 nitrogen and oxygen atoms in total. The van der Waals surface area contributed by atoms with Gasteiger partial charge in [-0.15, -0.1) is 0 Å². The smallest absolute Gasteiger partial charge is 0.340 e. The summed E-state index contributed by atoms with van der Waals surface area (Å²) >= 11 is 1.13. The van der Waals surface area contributed by atoms with Gasteiger partial charge in [0.05, 0.1) is 29.3 Å². The quantitative estimate of drug-likeness (QED) is 0.287. The van der Waals surface area contributed by atoms with E-state index in [0.717, 1.165) is 24.6 Å². The van der Waals surface area contributed by atoms with Crippen LogP contribution in [0.25, 0.3) is 0 Å². The SMILES string of the molecule is CCCCOC(=O)c1ccccc1NC(=O)CSc1nc(C(C)C)cc(=O)[nH]1. The van der Waals surface area contributed by atoms with Gasteiger partial charge in [0.25, 0.3) is 5.56 Å². The molecule has 150 valence electrons. The van der Waals surface area contributed by atoms with Crippen molar-refractivity contribution in [3.63, 3.8) is 0 Å². The van der Waals surface area contributed by atoms with Crippen LogP contribution in [0.5, 0.6) is 0 Å². The van der Waals surface area contributed by atoms with Gasteiger partial charge in [0.1, 0.15) is 0 Å². The fraction of sp³-hybridized carbons (Fsp3) is 0.400. The molecule has 28 heavy (non-hydrogen) atoms. The minimum atomic E-state index is -0.465. The number of para-hydroxylation sites is 1. The molecule has 0 saturated heterocycles. The molecule has 0 aliphatic carbocycles. The van der Waals surface area contributed by atoms with E-state index >= 15 is 0 Å². The van der Waals surface area contributed by atoms with Gasteiger partial charge in [-0.05, 0) is 24.5 Å². The van der Waals surface area contributed by atoms with Crippen LogP contribution in [0.1, 0.15) is 55.6 Å². The Morgan fingerprint density at radius 3 is 2.75 bits per heavy atom. The molecule has 1 aromatic heterocycles. The molecule has 0 aliphatic rings. The summed E-state index contributed by atoms with van der Waals surface area (Å²) in [5.74, 6) is -0.617. The first-order chi connectivity index (χ1) is 13.4. The number of hydrogen-bond donors (Lipinski definition) is 2. The summed E-state index contributed by atoms with van der Waals surface area (Å²) in [4.78, 5) is 43.2. The van der Waals surface area contributed by atoms with Crippen molar-refractivity contribution in [1.29, 1.82) is 0 Å². The molecule has 1 aromatic carbocycles. The van der Waals surface area contributed by atoms with E-state index in [9.17, 15) is 14.4 Å². The highest BCUT2D eigenvalue weighted by atomic mass is 32.2. The monoisotopic (exact) mass is 403 g/mol. The second-order valence-corrected chi connectivity index (χ2v) is 7.47. The number of aromatic amines is 1. The number of thioether (sulfide) groups is 1. The van der Waals surface area contributed by atoms with Crippen LogP contribution in [0, 0.1) is 0 Å². The molecule has 0 saturated carbocycles. The summed E-state index contributed by atoms with van der Waals surface area (Å²) in [6, 6.07) is 8.17. The van der Waals surface area contributed by atoms with Crippen molar-refractivity contribution in [2.45, 2.75) is 44.7 Å². The molecular formula is C20H25N3O4S. The molecular weight excluding hydrogens is 378 g/mol. The lowest BCUT2D eigenvalue weighted by Gasteiger charge is -2.11. The number of benzene rings is 1. The topological polar surface area (TPSA) is 101 Å². The van der Waals surface area contributed by atoms with Gasteiger partial charge >= 0.3 is 5.97 Å². The third-order valence-corrected chi connectivity index (χ3v) is 4.70. The standard InChI is InChI=1S/C20H25N3O4S/c1-4-5-10-27-19(26)14-8-6-7-9-15(14)21-18(25)12-28-20-22-16(13(2)3)11-17(24)23-20/h6-9,11,13H,4-5,10,12H2,1-3H3,(H,21,25)(H,22,23,24). The number of ether oxygens (including phenoxy) is 1. The number of carbonyl (C=O) groups excluding carboxylic acids is 2. The number of amides is 1. The fourth-order valence-corrected chi connectivity index (χ4v) is 2.98. The minimum absolute atomic E-state index is 0.0453. The molecule has 0 spiro atoms. The number of esters is 1. The molecule has 2 rings (SSSR count). The highest BCUT2D eigenvalue weighted by Crippen LogP contribution is 2.19. The van der Waals surface area contributed by atoms with E-state index in [1.165, 1.54) is 6.07 Å². The van der Waals surface area contributed by atoms with E-state index in [1.54, 1.807) is 24.3 Å². The summed E-state index contributed by atoms with van der Waals surface area (Å²) in [7, 11) is 0. The number of anilines is 1. The highest BCUT2D eigenvalue weighted by Gasteiger charge is 2.15. The number of nitrogens with one attached hydrogen (secondary N) is 2. The average Bonchev–Trinajstić information content (AvgIpc) is 2.66. The van der Waals surface area contributed by atoms with Gasteiger partial charge in [0.2, 0.25) is 5.91 Å². The summed E-state index contributed by atoms with van der Waals surface area (Å²) in [6.45, 7) is 6.25. The molecule has 0 bridgehead atoms. The summed E-state index contributed by atoms with van der Waals surface area (Å²) in [6.07, 6.45) is 1.72. The van der Waals surface area contributed by atoms with Crippen LogP contribution < -0.4 is 10.9 Å². The summed E-state index contributed by atoms with van der Waals surface area (Å²) in [5, 5.41) is 3.11. The highest BCUT2D eigenvalue weighted by molar-refractivity contribution is 7.99. The molecule has 0 unspecified atom stereocenters. The second kappa shape index (κ2) is 10.7. The van der Waals surface area contributed by atoms with Crippen LogP contribution in [-0.4, -0.2) is 34.2 Å². The fourth-order valence-electron chi connectivity index (χ4n) is 2.29. The number of rotatable bonds is 9. The number of hydrogen-bond acceptors (Lipinski definition) is 6. The molecule has 2 aromatic rings. The molecule has 0 aliphatic heterocycles.